The van der Waals surface area contributed by atoms with Crippen molar-refractivity contribution in [1.29, 1.82) is 0 Å². The molecule has 0 aromatic heterocycles. The van der Waals surface area contributed by atoms with Crippen molar-refractivity contribution in [1.82, 2.24) is 9.80 Å². The molecule has 7 heteroatoms. The molecule has 2 rings (SSSR count). The number of rotatable bonds is 2. The summed E-state index contributed by atoms with van der Waals surface area (Å²) in [5, 5.41) is -0.345. The van der Waals surface area contributed by atoms with Crippen LogP contribution in [0.25, 0.3) is 0 Å². The Balaban J connectivity index is 1.90. The van der Waals surface area contributed by atoms with Crippen molar-refractivity contribution in [2.75, 3.05) is 33.4 Å². The topological polar surface area (TPSA) is 49.9 Å². The van der Waals surface area contributed by atoms with Gasteiger partial charge in [-0.2, -0.15) is 0 Å². The minimum atomic E-state index is -0.345. The van der Waals surface area contributed by atoms with Gasteiger partial charge in [0.1, 0.15) is 4.32 Å². The molecular formula is C10H14N2O3S2. The number of amides is 2. The first-order chi connectivity index (χ1) is 8.09. The third-order valence-corrected chi connectivity index (χ3v) is 4.54. The summed E-state index contributed by atoms with van der Waals surface area (Å²) in [5.41, 5.74) is 0. The summed E-state index contributed by atoms with van der Waals surface area (Å²) < 4.78 is 5.73. The second kappa shape index (κ2) is 5.32. The van der Waals surface area contributed by atoms with Crippen LogP contribution in [0.2, 0.25) is 0 Å². The number of hydrogen-bond acceptors (Lipinski definition) is 5. The van der Waals surface area contributed by atoms with Gasteiger partial charge in [-0.15, -0.1) is 0 Å². The Morgan fingerprint density at radius 3 is 2.71 bits per heavy atom. The molecule has 94 valence electrons. The SMILES string of the molecule is CN1C(=O)C(CC(=O)N2CCOCC2)SC1=S. The summed E-state index contributed by atoms with van der Waals surface area (Å²) in [5.74, 6) is -0.0566. The van der Waals surface area contributed by atoms with Gasteiger partial charge in [0.05, 0.1) is 18.5 Å². The van der Waals surface area contributed by atoms with Gasteiger partial charge < -0.3 is 9.64 Å². The summed E-state index contributed by atoms with van der Waals surface area (Å²) >= 11 is 6.33. The molecule has 2 fully saturated rings. The van der Waals surface area contributed by atoms with Gasteiger partial charge in [0, 0.05) is 26.6 Å². The molecule has 0 aromatic carbocycles. The monoisotopic (exact) mass is 274 g/mol. The third-order valence-electron chi connectivity index (χ3n) is 2.85. The molecule has 0 radical (unpaired) electrons. The van der Waals surface area contributed by atoms with Crippen LogP contribution >= 0.6 is 24.0 Å². The van der Waals surface area contributed by atoms with Gasteiger partial charge in [-0.1, -0.05) is 24.0 Å². The summed E-state index contributed by atoms with van der Waals surface area (Å²) in [4.78, 5) is 26.9. The van der Waals surface area contributed by atoms with Crippen molar-refractivity contribution in [2.24, 2.45) is 0 Å². The highest BCUT2D eigenvalue weighted by Gasteiger charge is 2.36. The number of morpholine rings is 1. The zero-order chi connectivity index (χ0) is 12.4. The van der Waals surface area contributed by atoms with Gasteiger partial charge in [-0.3, -0.25) is 14.5 Å². The van der Waals surface area contributed by atoms with Crippen molar-refractivity contribution in [3.05, 3.63) is 0 Å². The molecule has 2 heterocycles. The zero-order valence-electron chi connectivity index (χ0n) is 9.55. The van der Waals surface area contributed by atoms with Crippen LogP contribution in [-0.4, -0.2) is 64.5 Å². The fraction of sp³-hybridized carbons (Fsp3) is 0.700. The smallest absolute Gasteiger partial charge is 0.241 e. The van der Waals surface area contributed by atoms with Gasteiger partial charge in [-0.25, -0.2) is 0 Å². The minimum Gasteiger partial charge on any atom is -0.378 e. The Bertz CT molecular complexity index is 355. The maximum atomic E-state index is 12.0. The van der Waals surface area contributed by atoms with Crippen LogP contribution in [0.3, 0.4) is 0 Å². The van der Waals surface area contributed by atoms with E-state index in [4.69, 9.17) is 17.0 Å². The van der Waals surface area contributed by atoms with Gasteiger partial charge in [0.25, 0.3) is 0 Å². The van der Waals surface area contributed by atoms with E-state index in [0.717, 1.165) is 0 Å². The van der Waals surface area contributed by atoms with Crippen LogP contribution in [0, 0.1) is 0 Å². The lowest BCUT2D eigenvalue weighted by molar-refractivity contribution is -0.137. The summed E-state index contributed by atoms with van der Waals surface area (Å²) in [7, 11) is 1.65. The molecule has 0 aromatic rings. The molecule has 2 amide bonds. The van der Waals surface area contributed by atoms with E-state index in [1.807, 2.05) is 0 Å². The normalized spacial score (nSPS) is 25.6. The number of carbonyl (C=O) groups excluding carboxylic acids is 2. The van der Waals surface area contributed by atoms with E-state index in [0.29, 0.717) is 30.6 Å². The average molecular weight is 274 g/mol. The second-order valence-electron chi connectivity index (χ2n) is 3.97. The Morgan fingerprint density at radius 1 is 1.53 bits per heavy atom. The molecule has 0 N–H and O–H groups in total. The number of nitrogens with zero attached hydrogens (tertiary/aromatic N) is 2. The van der Waals surface area contributed by atoms with Crippen LogP contribution in [0.15, 0.2) is 0 Å². The van der Waals surface area contributed by atoms with Crippen LogP contribution in [-0.2, 0) is 14.3 Å². The van der Waals surface area contributed by atoms with Gasteiger partial charge in [0.2, 0.25) is 11.8 Å². The van der Waals surface area contributed by atoms with Gasteiger partial charge in [-0.05, 0) is 0 Å². The molecule has 2 aliphatic rings. The highest BCUT2D eigenvalue weighted by Crippen LogP contribution is 2.28. The highest BCUT2D eigenvalue weighted by atomic mass is 32.2. The molecule has 5 nitrogen and oxygen atoms in total. The predicted molar refractivity (Wildman–Crippen MR) is 68.8 cm³/mol. The largest absolute Gasteiger partial charge is 0.378 e. The quantitative estimate of drug-likeness (QED) is 0.668. The summed E-state index contributed by atoms with van der Waals surface area (Å²) in [6.45, 7) is 2.39. The fourth-order valence-corrected chi connectivity index (χ4v) is 3.20. The third kappa shape index (κ3) is 2.78. The summed E-state index contributed by atoms with van der Waals surface area (Å²) in [6, 6.07) is 0. The van der Waals surface area contributed by atoms with Crippen molar-refractivity contribution in [2.45, 2.75) is 11.7 Å². The lowest BCUT2D eigenvalue weighted by atomic mass is 10.2. The molecule has 0 saturated carbocycles. The number of carbonyl (C=O) groups is 2. The van der Waals surface area contributed by atoms with Crippen molar-refractivity contribution in [3.63, 3.8) is 0 Å². The van der Waals surface area contributed by atoms with Crippen LogP contribution in [0.4, 0.5) is 0 Å². The molecule has 1 atom stereocenters. The van der Waals surface area contributed by atoms with Gasteiger partial charge >= 0.3 is 0 Å². The maximum Gasteiger partial charge on any atom is 0.241 e. The van der Waals surface area contributed by atoms with E-state index in [9.17, 15) is 9.59 Å². The van der Waals surface area contributed by atoms with E-state index in [2.05, 4.69) is 0 Å². The zero-order valence-corrected chi connectivity index (χ0v) is 11.2. The first-order valence-electron chi connectivity index (χ1n) is 5.43. The predicted octanol–water partition coefficient (Wildman–Crippen LogP) is 0.0940. The molecule has 2 saturated heterocycles. The number of thioether (sulfide) groups is 1. The molecular weight excluding hydrogens is 260 g/mol. The van der Waals surface area contributed by atoms with Crippen LogP contribution in [0.1, 0.15) is 6.42 Å². The van der Waals surface area contributed by atoms with E-state index in [1.54, 1.807) is 11.9 Å². The standard InChI is InChI=1S/C10H14N2O3S2/c1-11-9(14)7(17-10(11)16)6-8(13)12-2-4-15-5-3-12/h7H,2-6H2,1H3. The fourth-order valence-electron chi connectivity index (χ4n) is 1.79. The molecule has 0 bridgehead atoms. The average Bonchev–Trinajstić information content (AvgIpc) is 2.58. The first kappa shape index (κ1) is 12.8. The number of thiocarbonyl (C=S) groups is 1. The Morgan fingerprint density at radius 2 is 2.18 bits per heavy atom. The molecule has 0 spiro atoms. The number of hydrogen-bond donors (Lipinski definition) is 0. The molecule has 2 aliphatic heterocycles. The molecule has 0 aliphatic carbocycles. The van der Waals surface area contributed by atoms with Crippen molar-refractivity contribution >= 4 is 40.1 Å². The lowest BCUT2D eigenvalue weighted by Crippen LogP contribution is -2.42. The molecule has 17 heavy (non-hydrogen) atoms. The van der Waals surface area contributed by atoms with E-state index < -0.39 is 0 Å². The van der Waals surface area contributed by atoms with E-state index in [1.165, 1.54) is 16.7 Å². The number of ether oxygens (including phenoxy) is 1. The van der Waals surface area contributed by atoms with Crippen molar-refractivity contribution < 1.29 is 14.3 Å². The Hall–Kier alpha value is -0.660. The van der Waals surface area contributed by atoms with Gasteiger partial charge in [0.15, 0.2) is 0 Å². The second-order valence-corrected chi connectivity index (χ2v) is 5.80. The maximum absolute atomic E-state index is 12.0. The lowest BCUT2D eigenvalue weighted by Gasteiger charge is -2.27. The van der Waals surface area contributed by atoms with Crippen LogP contribution in [0.5, 0.6) is 0 Å². The van der Waals surface area contributed by atoms with Crippen LogP contribution < -0.4 is 0 Å². The Kier molecular flexibility index (Phi) is 4.01. The van der Waals surface area contributed by atoms with Crippen molar-refractivity contribution in [3.8, 4) is 0 Å². The Labute approximate surface area is 109 Å². The minimum absolute atomic E-state index is 0.0113. The highest BCUT2D eigenvalue weighted by molar-refractivity contribution is 8.24. The summed E-state index contributed by atoms with van der Waals surface area (Å²) in [6.07, 6.45) is 0.230. The first-order valence-corrected chi connectivity index (χ1v) is 6.72. The van der Waals surface area contributed by atoms with E-state index in [-0.39, 0.29) is 23.5 Å². The molecule has 1 unspecified atom stereocenters. The van der Waals surface area contributed by atoms with E-state index >= 15 is 0 Å².